The zero-order chi connectivity index (χ0) is 13.6. The zero-order valence-corrected chi connectivity index (χ0v) is 11.8. The van der Waals surface area contributed by atoms with Gasteiger partial charge in [-0.2, -0.15) is 0 Å². The van der Waals surface area contributed by atoms with Crippen LogP contribution >= 0.6 is 0 Å². The molecule has 1 aliphatic carbocycles. The fourth-order valence-corrected chi connectivity index (χ4v) is 2.16. The van der Waals surface area contributed by atoms with E-state index in [1.165, 1.54) is 0 Å². The van der Waals surface area contributed by atoms with Gasteiger partial charge in [0.1, 0.15) is 12.4 Å². The first kappa shape index (κ1) is 14.8. The summed E-state index contributed by atoms with van der Waals surface area (Å²) in [6.45, 7) is 10.6. The molecule has 0 bridgehead atoms. The standard InChI is InChI=1S/C16H24O2/c1-5-7-8-13(6-2)12-18-15-9-14(17)10-16(3,4)11-15/h9H,2,5,7-8,10-12H2,1,3-4H3. The molecular formula is C16H24O2. The van der Waals surface area contributed by atoms with Gasteiger partial charge in [-0.25, -0.2) is 0 Å². The maximum Gasteiger partial charge on any atom is 0.159 e. The van der Waals surface area contributed by atoms with E-state index < -0.39 is 0 Å². The Morgan fingerprint density at radius 3 is 2.78 bits per heavy atom. The molecule has 1 aliphatic rings. The lowest BCUT2D eigenvalue weighted by atomic mass is 9.79. The molecule has 0 saturated carbocycles. The molecule has 0 aromatic carbocycles. The molecule has 2 nitrogen and oxygen atoms in total. The Kier molecular flexibility index (Phi) is 5.43. The van der Waals surface area contributed by atoms with Crippen LogP contribution in [0.3, 0.4) is 0 Å². The molecule has 18 heavy (non-hydrogen) atoms. The molecule has 0 atom stereocenters. The van der Waals surface area contributed by atoms with Crippen molar-refractivity contribution in [2.75, 3.05) is 6.61 Å². The Bertz CT molecular complexity index is 382. The monoisotopic (exact) mass is 248 g/mol. The Morgan fingerprint density at radius 2 is 2.22 bits per heavy atom. The van der Waals surface area contributed by atoms with E-state index >= 15 is 0 Å². The van der Waals surface area contributed by atoms with Crippen molar-refractivity contribution >= 4 is 5.78 Å². The fraction of sp³-hybridized carbons (Fsp3) is 0.625. The summed E-state index contributed by atoms with van der Waals surface area (Å²) < 4.78 is 5.74. The highest BCUT2D eigenvalue weighted by Gasteiger charge is 2.28. The van der Waals surface area contributed by atoms with Crippen molar-refractivity contribution in [3.63, 3.8) is 0 Å². The van der Waals surface area contributed by atoms with Gasteiger partial charge in [0.2, 0.25) is 0 Å². The third-order valence-corrected chi connectivity index (χ3v) is 3.14. The molecule has 0 fully saturated rings. The molecule has 0 spiro atoms. The van der Waals surface area contributed by atoms with Gasteiger partial charge in [0.05, 0.1) is 0 Å². The van der Waals surface area contributed by atoms with E-state index in [0.717, 1.165) is 37.0 Å². The first-order valence-corrected chi connectivity index (χ1v) is 6.71. The molecule has 0 aromatic heterocycles. The molecule has 1 rings (SSSR count). The minimum Gasteiger partial charge on any atom is -0.493 e. The molecule has 100 valence electrons. The van der Waals surface area contributed by atoms with Crippen LogP contribution in [0, 0.1) is 5.41 Å². The van der Waals surface area contributed by atoms with Crippen LogP contribution in [0.25, 0.3) is 0 Å². The van der Waals surface area contributed by atoms with Crippen LogP contribution < -0.4 is 0 Å². The summed E-state index contributed by atoms with van der Waals surface area (Å²) in [5.41, 5.74) is 4.05. The van der Waals surface area contributed by atoms with Gasteiger partial charge in [0, 0.05) is 24.5 Å². The van der Waals surface area contributed by atoms with E-state index in [1.807, 2.05) is 0 Å². The van der Waals surface area contributed by atoms with Gasteiger partial charge in [-0.15, -0.1) is 5.73 Å². The Hall–Kier alpha value is -1.27. The molecular weight excluding hydrogens is 224 g/mol. The van der Waals surface area contributed by atoms with E-state index in [4.69, 9.17) is 4.74 Å². The maximum absolute atomic E-state index is 11.6. The van der Waals surface area contributed by atoms with Gasteiger partial charge in [0.15, 0.2) is 5.78 Å². The van der Waals surface area contributed by atoms with Crippen molar-refractivity contribution in [3.05, 3.63) is 29.7 Å². The van der Waals surface area contributed by atoms with Crippen LogP contribution in [0.1, 0.15) is 52.9 Å². The molecule has 0 amide bonds. The average molecular weight is 248 g/mol. The summed E-state index contributed by atoms with van der Waals surface area (Å²) in [4.78, 5) is 11.6. The lowest BCUT2D eigenvalue weighted by molar-refractivity contribution is -0.117. The van der Waals surface area contributed by atoms with Crippen molar-refractivity contribution in [3.8, 4) is 0 Å². The van der Waals surface area contributed by atoms with Crippen LogP contribution in [0.5, 0.6) is 0 Å². The second-order valence-corrected chi connectivity index (χ2v) is 5.77. The zero-order valence-electron chi connectivity index (χ0n) is 11.8. The normalized spacial score (nSPS) is 17.9. The molecule has 0 unspecified atom stereocenters. The van der Waals surface area contributed by atoms with Crippen LogP contribution in [0.15, 0.2) is 29.7 Å². The topological polar surface area (TPSA) is 26.3 Å². The third-order valence-electron chi connectivity index (χ3n) is 3.14. The Morgan fingerprint density at radius 1 is 1.50 bits per heavy atom. The lowest BCUT2D eigenvalue weighted by Crippen LogP contribution is -2.23. The van der Waals surface area contributed by atoms with Gasteiger partial charge in [-0.1, -0.05) is 33.8 Å². The van der Waals surface area contributed by atoms with Crippen LogP contribution in [-0.4, -0.2) is 12.4 Å². The Balaban J connectivity index is 2.52. The van der Waals surface area contributed by atoms with Crippen LogP contribution in [-0.2, 0) is 9.53 Å². The number of hydrogen-bond donors (Lipinski definition) is 0. The molecule has 0 heterocycles. The van der Waals surface area contributed by atoms with Gasteiger partial charge < -0.3 is 4.74 Å². The fourth-order valence-electron chi connectivity index (χ4n) is 2.16. The predicted octanol–water partition coefficient (Wildman–Crippen LogP) is 4.18. The number of ketones is 1. The van der Waals surface area contributed by atoms with Crippen molar-refractivity contribution in [2.45, 2.75) is 52.9 Å². The smallest absolute Gasteiger partial charge is 0.159 e. The van der Waals surface area contributed by atoms with Crippen molar-refractivity contribution in [2.24, 2.45) is 5.41 Å². The van der Waals surface area contributed by atoms with Gasteiger partial charge in [0.25, 0.3) is 0 Å². The summed E-state index contributed by atoms with van der Waals surface area (Å²) in [6, 6.07) is 0. The van der Waals surface area contributed by atoms with Crippen LogP contribution in [0.4, 0.5) is 0 Å². The second kappa shape index (κ2) is 6.61. The number of hydrogen-bond acceptors (Lipinski definition) is 2. The lowest BCUT2D eigenvalue weighted by Gasteiger charge is -2.28. The molecule has 0 aromatic rings. The highest BCUT2D eigenvalue weighted by Crippen LogP contribution is 2.34. The van der Waals surface area contributed by atoms with Gasteiger partial charge in [-0.05, 0) is 18.3 Å². The maximum atomic E-state index is 11.6. The molecule has 0 saturated heterocycles. The largest absolute Gasteiger partial charge is 0.493 e. The number of ether oxygens (including phenoxy) is 1. The Labute approximate surface area is 110 Å². The molecule has 0 N–H and O–H groups in total. The predicted molar refractivity (Wildman–Crippen MR) is 74.2 cm³/mol. The number of carbonyl (C=O) groups is 1. The summed E-state index contributed by atoms with van der Waals surface area (Å²) >= 11 is 0. The molecule has 0 aliphatic heterocycles. The van der Waals surface area contributed by atoms with Crippen molar-refractivity contribution in [1.29, 1.82) is 0 Å². The third kappa shape index (κ3) is 4.93. The molecule has 0 radical (unpaired) electrons. The van der Waals surface area contributed by atoms with Gasteiger partial charge in [-0.3, -0.25) is 4.79 Å². The van der Waals surface area contributed by atoms with Crippen molar-refractivity contribution < 1.29 is 9.53 Å². The van der Waals surface area contributed by atoms with Crippen LogP contribution in [0.2, 0.25) is 0 Å². The number of carbonyl (C=O) groups excluding carboxylic acids is 1. The van der Waals surface area contributed by atoms with E-state index in [-0.39, 0.29) is 11.2 Å². The second-order valence-electron chi connectivity index (χ2n) is 5.77. The minimum atomic E-state index is 0.0165. The van der Waals surface area contributed by atoms with Gasteiger partial charge >= 0.3 is 0 Å². The highest BCUT2D eigenvalue weighted by atomic mass is 16.5. The molecule has 2 heteroatoms. The summed E-state index contributed by atoms with van der Waals surface area (Å²) in [6.07, 6.45) is 6.34. The number of rotatable bonds is 6. The van der Waals surface area contributed by atoms with E-state index in [1.54, 1.807) is 6.08 Å². The van der Waals surface area contributed by atoms with E-state index in [0.29, 0.717) is 13.0 Å². The minimum absolute atomic E-state index is 0.0165. The highest BCUT2D eigenvalue weighted by molar-refractivity contribution is 5.91. The van der Waals surface area contributed by atoms with Crippen molar-refractivity contribution in [1.82, 2.24) is 0 Å². The van der Waals surface area contributed by atoms with E-state index in [2.05, 4.69) is 33.1 Å². The quantitative estimate of drug-likeness (QED) is 0.659. The summed E-state index contributed by atoms with van der Waals surface area (Å²) in [7, 11) is 0. The summed E-state index contributed by atoms with van der Waals surface area (Å²) in [5, 5.41) is 0. The first-order chi connectivity index (χ1) is 8.46. The SMILES string of the molecule is C=C=C(CCCC)COC1=CC(=O)CC(C)(C)C1. The number of allylic oxidation sites excluding steroid dienone is 2. The number of unbranched alkanes of at least 4 members (excludes halogenated alkanes) is 1. The summed E-state index contributed by atoms with van der Waals surface area (Å²) in [5.74, 6) is 0.972. The average Bonchev–Trinajstić information content (AvgIpc) is 2.26. The van der Waals surface area contributed by atoms with E-state index in [9.17, 15) is 4.79 Å². The first-order valence-electron chi connectivity index (χ1n) is 6.71.